The fraction of sp³-hybridized carbons (Fsp3) is 0.368. The summed E-state index contributed by atoms with van der Waals surface area (Å²) in [6.45, 7) is 1.90. The molecule has 1 amide bonds. The second kappa shape index (κ2) is 7.53. The maximum atomic E-state index is 12.2. The summed E-state index contributed by atoms with van der Waals surface area (Å²) in [7, 11) is 6.02. The zero-order chi connectivity index (χ0) is 17.8. The first kappa shape index (κ1) is 17.2. The Balaban J connectivity index is 1.64. The van der Waals surface area contributed by atoms with Crippen LogP contribution in [0.25, 0.3) is 10.9 Å². The van der Waals surface area contributed by atoms with Crippen LogP contribution in [0.4, 0.5) is 5.69 Å². The molecule has 132 valence electrons. The molecule has 2 aromatic heterocycles. The van der Waals surface area contributed by atoms with Crippen LogP contribution in [0.2, 0.25) is 0 Å². The van der Waals surface area contributed by atoms with Gasteiger partial charge in [0.1, 0.15) is 0 Å². The molecular weight excluding hydrogens is 314 g/mol. The summed E-state index contributed by atoms with van der Waals surface area (Å²) in [5.74, 6) is 0.0228. The average molecular weight is 339 g/mol. The van der Waals surface area contributed by atoms with Crippen molar-refractivity contribution in [1.29, 1.82) is 0 Å². The molecule has 0 aliphatic rings. The molecule has 1 N–H and O–H groups in total. The number of aromatic nitrogens is 3. The smallest absolute Gasteiger partial charge is 0.224 e. The van der Waals surface area contributed by atoms with Gasteiger partial charge in [0.05, 0.1) is 11.7 Å². The SMILES string of the molecule is CN(C)CCn1ccc2ccc(NC(=O)CCc3cnn(C)c3)cc21. The molecular formula is C19H25N5O. The van der Waals surface area contributed by atoms with Gasteiger partial charge >= 0.3 is 0 Å². The van der Waals surface area contributed by atoms with E-state index in [1.807, 2.05) is 25.4 Å². The molecule has 3 rings (SSSR count). The van der Waals surface area contributed by atoms with Gasteiger partial charge in [-0.3, -0.25) is 9.48 Å². The van der Waals surface area contributed by atoms with Crippen molar-refractivity contribution < 1.29 is 4.79 Å². The Morgan fingerprint density at radius 3 is 2.84 bits per heavy atom. The Morgan fingerprint density at radius 2 is 2.12 bits per heavy atom. The van der Waals surface area contributed by atoms with E-state index in [1.165, 1.54) is 5.39 Å². The maximum absolute atomic E-state index is 12.2. The van der Waals surface area contributed by atoms with E-state index in [9.17, 15) is 4.79 Å². The Kier molecular flexibility index (Phi) is 5.19. The lowest BCUT2D eigenvalue weighted by Gasteiger charge is -2.12. The Bertz CT molecular complexity index is 862. The van der Waals surface area contributed by atoms with Crippen LogP contribution in [-0.2, 0) is 24.8 Å². The first-order valence-corrected chi connectivity index (χ1v) is 8.52. The summed E-state index contributed by atoms with van der Waals surface area (Å²) in [6, 6.07) is 8.17. The standard InChI is InChI=1S/C19H25N5O/c1-22(2)10-11-24-9-8-16-5-6-17(12-18(16)24)21-19(25)7-4-15-13-20-23(3)14-15/h5-6,8-9,12-14H,4,7,10-11H2,1-3H3,(H,21,25). The minimum atomic E-state index is 0.0228. The third-order valence-corrected chi connectivity index (χ3v) is 4.24. The van der Waals surface area contributed by atoms with E-state index < -0.39 is 0 Å². The van der Waals surface area contributed by atoms with Crippen LogP contribution < -0.4 is 5.32 Å². The third kappa shape index (κ3) is 4.48. The molecule has 25 heavy (non-hydrogen) atoms. The Hall–Kier alpha value is -2.60. The minimum absolute atomic E-state index is 0.0228. The number of nitrogens with one attached hydrogen (secondary N) is 1. The van der Waals surface area contributed by atoms with Crippen molar-refractivity contribution in [2.24, 2.45) is 7.05 Å². The fourth-order valence-corrected chi connectivity index (χ4v) is 2.85. The van der Waals surface area contributed by atoms with Crippen LogP contribution in [0.3, 0.4) is 0 Å². The number of nitrogens with zero attached hydrogens (tertiary/aromatic N) is 4. The van der Waals surface area contributed by atoms with E-state index in [4.69, 9.17) is 0 Å². The van der Waals surface area contributed by atoms with Crippen molar-refractivity contribution in [1.82, 2.24) is 19.2 Å². The van der Waals surface area contributed by atoms with E-state index in [-0.39, 0.29) is 5.91 Å². The highest BCUT2D eigenvalue weighted by Gasteiger charge is 2.07. The van der Waals surface area contributed by atoms with Gasteiger partial charge < -0.3 is 14.8 Å². The molecule has 0 bridgehead atoms. The number of hydrogen-bond donors (Lipinski definition) is 1. The largest absolute Gasteiger partial charge is 0.346 e. The summed E-state index contributed by atoms with van der Waals surface area (Å²) < 4.78 is 3.98. The van der Waals surface area contributed by atoms with Crippen molar-refractivity contribution >= 4 is 22.5 Å². The summed E-state index contributed by atoms with van der Waals surface area (Å²) >= 11 is 0. The number of anilines is 1. The normalized spacial score (nSPS) is 11.4. The van der Waals surface area contributed by atoms with Gasteiger partial charge in [-0.2, -0.15) is 5.10 Å². The molecule has 0 unspecified atom stereocenters. The lowest BCUT2D eigenvalue weighted by Crippen LogP contribution is -2.18. The molecule has 0 fully saturated rings. The molecule has 1 aromatic carbocycles. The first-order chi connectivity index (χ1) is 12.0. The number of rotatable bonds is 7. The number of amides is 1. The first-order valence-electron chi connectivity index (χ1n) is 8.52. The highest BCUT2D eigenvalue weighted by Crippen LogP contribution is 2.21. The lowest BCUT2D eigenvalue weighted by atomic mass is 10.2. The molecule has 6 nitrogen and oxygen atoms in total. The molecule has 2 heterocycles. The van der Waals surface area contributed by atoms with Crippen LogP contribution in [-0.4, -0.2) is 45.8 Å². The number of carbonyl (C=O) groups excluding carboxylic acids is 1. The van der Waals surface area contributed by atoms with E-state index in [1.54, 1.807) is 10.9 Å². The van der Waals surface area contributed by atoms with E-state index in [0.717, 1.165) is 29.9 Å². The van der Waals surface area contributed by atoms with Crippen LogP contribution >= 0.6 is 0 Å². The monoisotopic (exact) mass is 339 g/mol. The van der Waals surface area contributed by atoms with Crippen molar-refractivity contribution in [3.05, 3.63) is 48.4 Å². The number of likely N-dealkylation sites (N-methyl/N-ethyl adjacent to an activating group) is 1. The van der Waals surface area contributed by atoms with Gasteiger partial charge in [0, 0.05) is 44.6 Å². The maximum Gasteiger partial charge on any atom is 0.224 e. The predicted octanol–water partition coefficient (Wildman–Crippen LogP) is 2.51. The van der Waals surface area contributed by atoms with Crippen LogP contribution in [0.15, 0.2) is 42.9 Å². The van der Waals surface area contributed by atoms with Crippen molar-refractivity contribution in [3.8, 4) is 0 Å². The van der Waals surface area contributed by atoms with Crippen LogP contribution in [0, 0.1) is 0 Å². The molecule has 6 heteroatoms. The number of hydrogen-bond acceptors (Lipinski definition) is 3. The van der Waals surface area contributed by atoms with E-state index in [2.05, 4.69) is 52.3 Å². The summed E-state index contributed by atoms with van der Waals surface area (Å²) in [6.07, 6.45) is 6.99. The van der Waals surface area contributed by atoms with Gasteiger partial charge in [-0.15, -0.1) is 0 Å². The second-order valence-corrected chi connectivity index (χ2v) is 6.66. The van der Waals surface area contributed by atoms with Crippen molar-refractivity contribution in [3.63, 3.8) is 0 Å². The number of aryl methyl sites for hydroxylation is 2. The zero-order valence-electron chi connectivity index (χ0n) is 15.1. The topological polar surface area (TPSA) is 55.1 Å². The highest BCUT2D eigenvalue weighted by atomic mass is 16.1. The third-order valence-electron chi connectivity index (χ3n) is 4.24. The molecule has 0 radical (unpaired) electrons. The van der Waals surface area contributed by atoms with E-state index >= 15 is 0 Å². The van der Waals surface area contributed by atoms with Crippen LogP contribution in [0.1, 0.15) is 12.0 Å². The summed E-state index contributed by atoms with van der Waals surface area (Å²) in [4.78, 5) is 14.4. The number of benzene rings is 1. The number of carbonyl (C=O) groups is 1. The quantitative estimate of drug-likeness (QED) is 0.720. The van der Waals surface area contributed by atoms with Gasteiger partial charge in [0.25, 0.3) is 0 Å². The average Bonchev–Trinajstić information content (AvgIpc) is 3.17. The lowest BCUT2D eigenvalue weighted by molar-refractivity contribution is -0.116. The van der Waals surface area contributed by atoms with Crippen LogP contribution in [0.5, 0.6) is 0 Å². The van der Waals surface area contributed by atoms with Gasteiger partial charge in [-0.25, -0.2) is 0 Å². The molecule has 3 aromatic rings. The van der Waals surface area contributed by atoms with Gasteiger partial charge in [-0.05, 0) is 49.7 Å². The molecule has 0 aliphatic carbocycles. The molecule has 0 atom stereocenters. The molecule has 0 saturated heterocycles. The van der Waals surface area contributed by atoms with Crippen molar-refractivity contribution in [2.75, 3.05) is 26.0 Å². The van der Waals surface area contributed by atoms with Gasteiger partial charge in [0.2, 0.25) is 5.91 Å². The second-order valence-electron chi connectivity index (χ2n) is 6.66. The van der Waals surface area contributed by atoms with Gasteiger partial charge in [-0.1, -0.05) is 6.07 Å². The number of fused-ring (bicyclic) bond motifs is 1. The fourth-order valence-electron chi connectivity index (χ4n) is 2.85. The van der Waals surface area contributed by atoms with E-state index in [0.29, 0.717) is 12.8 Å². The zero-order valence-corrected chi connectivity index (χ0v) is 15.1. The minimum Gasteiger partial charge on any atom is -0.346 e. The summed E-state index contributed by atoms with van der Waals surface area (Å²) in [5.41, 5.74) is 3.06. The molecule has 0 saturated carbocycles. The van der Waals surface area contributed by atoms with Crippen molar-refractivity contribution in [2.45, 2.75) is 19.4 Å². The molecule has 0 spiro atoms. The van der Waals surface area contributed by atoms with Gasteiger partial charge in [0.15, 0.2) is 0 Å². The predicted molar refractivity (Wildman–Crippen MR) is 101 cm³/mol. The highest BCUT2D eigenvalue weighted by molar-refractivity contribution is 5.93. The Labute approximate surface area is 148 Å². The molecule has 0 aliphatic heterocycles. The summed E-state index contributed by atoms with van der Waals surface area (Å²) in [5, 5.41) is 8.32. The Morgan fingerprint density at radius 1 is 1.28 bits per heavy atom.